The van der Waals surface area contributed by atoms with Crippen LogP contribution >= 0.6 is 0 Å². The first-order chi connectivity index (χ1) is 11.1. The minimum atomic E-state index is -0.255. The van der Waals surface area contributed by atoms with Gasteiger partial charge in [-0.1, -0.05) is 0 Å². The van der Waals surface area contributed by atoms with Crippen LogP contribution in [0.4, 0.5) is 0 Å². The molecular weight excluding hydrogens is 300 g/mol. The summed E-state index contributed by atoms with van der Waals surface area (Å²) in [4.78, 5) is 5.24. The highest BCUT2D eigenvalue weighted by atomic mass is 16.7. The van der Waals surface area contributed by atoms with Crippen molar-refractivity contribution in [1.82, 2.24) is 9.80 Å². The van der Waals surface area contributed by atoms with Crippen molar-refractivity contribution in [2.24, 2.45) is 11.3 Å². The van der Waals surface area contributed by atoms with Crippen LogP contribution in [-0.4, -0.2) is 66.1 Å². The molecule has 0 bridgehead atoms. The number of hydrogen-bond donors (Lipinski definition) is 0. The van der Waals surface area contributed by atoms with E-state index in [0.717, 1.165) is 32.2 Å². The second-order valence-electron chi connectivity index (χ2n) is 10.6. The van der Waals surface area contributed by atoms with Crippen LogP contribution in [0, 0.1) is 11.3 Å². The Balaban J connectivity index is 1.28. The molecule has 4 nitrogen and oxygen atoms in total. The summed E-state index contributed by atoms with van der Waals surface area (Å²) in [5.41, 5.74) is 1.25. The summed E-state index contributed by atoms with van der Waals surface area (Å²) in [6.45, 7) is 18.0. The maximum absolute atomic E-state index is 5.81. The van der Waals surface area contributed by atoms with E-state index >= 15 is 0 Å². The minimum Gasteiger partial charge on any atom is -0.345 e. The maximum Gasteiger partial charge on any atom is 0.194 e. The number of nitrogens with zero attached hydrogens (tertiary/aromatic N) is 2. The van der Waals surface area contributed by atoms with E-state index in [1.165, 1.54) is 38.8 Å². The molecular formula is C20H36N2O2. The lowest BCUT2D eigenvalue weighted by molar-refractivity contribution is -0.258. The Morgan fingerprint density at radius 1 is 0.917 bits per heavy atom. The van der Waals surface area contributed by atoms with Crippen molar-refractivity contribution in [3.63, 3.8) is 0 Å². The third kappa shape index (κ3) is 2.94. The molecule has 2 spiro atoms. The van der Waals surface area contributed by atoms with Gasteiger partial charge in [-0.05, 0) is 71.6 Å². The largest absolute Gasteiger partial charge is 0.345 e. The summed E-state index contributed by atoms with van der Waals surface area (Å²) < 4.78 is 11.6. The van der Waals surface area contributed by atoms with Crippen LogP contribution < -0.4 is 0 Å². The van der Waals surface area contributed by atoms with Gasteiger partial charge in [-0.2, -0.15) is 0 Å². The summed E-state index contributed by atoms with van der Waals surface area (Å²) >= 11 is 0. The average Bonchev–Trinajstić information content (AvgIpc) is 2.99. The zero-order valence-electron chi connectivity index (χ0n) is 16.4. The molecule has 24 heavy (non-hydrogen) atoms. The molecule has 0 aromatic rings. The Morgan fingerprint density at radius 2 is 1.54 bits per heavy atom. The Bertz CT molecular complexity index is 476. The number of likely N-dealkylation sites (tertiary alicyclic amines) is 2. The van der Waals surface area contributed by atoms with Gasteiger partial charge in [-0.3, -0.25) is 9.80 Å². The highest BCUT2D eigenvalue weighted by Crippen LogP contribution is 2.52. The average molecular weight is 337 g/mol. The highest BCUT2D eigenvalue weighted by molar-refractivity contribution is 5.06. The Labute approximate surface area is 147 Å². The van der Waals surface area contributed by atoms with Crippen LogP contribution in [-0.2, 0) is 9.47 Å². The van der Waals surface area contributed by atoms with Gasteiger partial charge in [0.15, 0.2) is 5.79 Å². The van der Waals surface area contributed by atoms with Gasteiger partial charge < -0.3 is 9.47 Å². The van der Waals surface area contributed by atoms with Crippen LogP contribution in [0.15, 0.2) is 0 Å². The Kier molecular flexibility index (Phi) is 3.90. The number of rotatable bonds is 3. The molecule has 3 saturated heterocycles. The lowest BCUT2D eigenvalue weighted by Crippen LogP contribution is -2.68. The first-order valence-corrected chi connectivity index (χ1v) is 9.90. The lowest BCUT2D eigenvalue weighted by atomic mass is 9.74. The first-order valence-electron chi connectivity index (χ1n) is 9.90. The van der Waals surface area contributed by atoms with Gasteiger partial charge in [0.2, 0.25) is 0 Å². The molecule has 4 aliphatic rings. The van der Waals surface area contributed by atoms with E-state index in [-0.39, 0.29) is 11.3 Å². The normalized spacial score (nSPS) is 33.1. The molecule has 1 saturated carbocycles. The van der Waals surface area contributed by atoms with E-state index < -0.39 is 0 Å². The van der Waals surface area contributed by atoms with E-state index in [0.29, 0.717) is 11.0 Å². The van der Waals surface area contributed by atoms with E-state index in [4.69, 9.17) is 9.47 Å². The number of ether oxygens (including phenoxy) is 2. The molecule has 1 unspecified atom stereocenters. The van der Waals surface area contributed by atoms with Crippen LogP contribution in [0.2, 0.25) is 0 Å². The van der Waals surface area contributed by atoms with Gasteiger partial charge >= 0.3 is 0 Å². The standard InChI is InChI=1S/C20H36N2O2/c1-17(2,3)21-12-19(13-21)7-6-16(11-19)10-18(4,5)22-14-20(15-22)23-8-9-24-20/h16H,6-15H2,1-5H3. The zero-order chi connectivity index (χ0) is 17.2. The van der Waals surface area contributed by atoms with Crippen molar-refractivity contribution in [2.45, 2.75) is 77.2 Å². The second kappa shape index (κ2) is 5.42. The molecule has 4 fully saturated rings. The zero-order valence-corrected chi connectivity index (χ0v) is 16.4. The Hall–Kier alpha value is -0.160. The maximum atomic E-state index is 5.81. The van der Waals surface area contributed by atoms with Gasteiger partial charge in [0.25, 0.3) is 0 Å². The molecule has 3 aliphatic heterocycles. The third-order valence-electron chi connectivity index (χ3n) is 7.13. The third-order valence-corrected chi connectivity index (χ3v) is 7.13. The van der Waals surface area contributed by atoms with Crippen molar-refractivity contribution >= 4 is 0 Å². The monoisotopic (exact) mass is 336 g/mol. The fourth-order valence-corrected chi connectivity index (χ4v) is 5.50. The Morgan fingerprint density at radius 3 is 2.12 bits per heavy atom. The molecule has 1 atom stereocenters. The van der Waals surface area contributed by atoms with E-state index in [9.17, 15) is 0 Å². The quantitative estimate of drug-likeness (QED) is 0.791. The summed E-state index contributed by atoms with van der Waals surface area (Å²) in [7, 11) is 0. The molecule has 0 aromatic heterocycles. The molecule has 138 valence electrons. The minimum absolute atomic E-state index is 0.255. The fourth-order valence-electron chi connectivity index (χ4n) is 5.50. The van der Waals surface area contributed by atoms with E-state index in [1.54, 1.807) is 0 Å². The molecule has 0 amide bonds. The van der Waals surface area contributed by atoms with E-state index in [1.807, 2.05) is 0 Å². The van der Waals surface area contributed by atoms with Crippen LogP contribution in [0.25, 0.3) is 0 Å². The summed E-state index contributed by atoms with van der Waals surface area (Å²) in [5, 5.41) is 0. The molecule has 4 heteroatoms. The number of hydrogen-bond acceptors (Lipinski definition) is 4. The predicted octanol–water partition coefficient (Wildman–Crippen LogP) is 3.11. The molecule has 3 heterocycles. The van der Waals surface area contributed by atoms with Crippen molar-refractivity contribution in [2.75, 3.05) is 39.4 Å². The molecule has 1 aliphatic carbocycles. The van der Waals surface area contributed by atoms with Gasteiger partial charge in [0, 0.05) is 24.2 Å². The molecule has 0 radical (unpaired) electrons. The summed E-state index contributed by atoms with van der Waals surface area (Å²) in [5.74, 6) is 0.638. The molecule has 0 N–H and O–H groups in total. The molecule has 0 aromatic carbocycles. The predicted molar refractivity (Wildman–Crippen MR) is 96.0 cm³/mol. The summed E-state index contributed by atoms with van der Waals surface area (Å²) in [6, 6.07) is 0. The lowest BCUT2D eigenvalue weighted by Gasteiger charge is -2.55. The molecule has 4 rings (SSSR count). The summed E-state index contributed by atoms with van der Waals surface area (Å²) in [6.07, 6.45) is 5.62. The topological polar surface area (TPSA) is 24.9 Å². The van der Waals surface area contributed by atoms with Gasteiger partial charge in [-0.25, -0.2) is 0 Å². The first kappa shape index (κ1) is 17.3. The SMILES string of the molecule is CC(C)(C)N1CC2(CCC(CC(C)(C)N3CC4(C3)OCCO4)C2)C1. The highest BCUT2D eigenvalue weighted by Gasteiger charge is 2.54. The van der Waals surface area contributed by atoms with Crippen LogP contribution in [0.3, 0.4) is 0 Å². The van der Waals surface area contributed by atoms with Gasteiger partial charge in [0.05, 0.1) is 26.3 Å². The van der Waals surface area contributed by atoms with Gasteiger partial charge in [0.1, 0.15) is 0 Å². The van der Waals surface area contributed by atoms with Crippen molar-refractivity contribution in [3.05, 3.63) is 0 Å². The van der Waals surface area contributed by atoms with E-state index in [2.05, 4.69) is 44.4 Å². The smallest absolute Gasteiger partial charge is 0.194 e. The van der Waals surface area contributed by atoms with Gasteiger partial charge in [-0.15, -0.1) is 0 Å². The van der Waals surface area contributed by atoms with Crippen LogP contribution in [0.1, 0.15) is 60.3 Å². The van der Waals surface area contributed by atoms with Crippen molar-refractivity contribution in [1.29, 1.82) is 0 Å². The fraction of sp³-hybridized carbons (Fsp3) is 1.00. The van der Waals surface area contributed by atoms with Crippen molar-refractivity contribution < 1.29 is 9.47 Å². The second-order valence-corrected chi connectivity index (χ2v) is 10.6. The van der Waals surface area contributed by atoms with Crippen LogP contribution in [0.5, 0.6) is 0 Å². The van der Waals surface area contributed by atoms with Crippen molar-refractivity contribution in [3.8, 4) is 0 Å².